The second kappa shape index (κ2) is 11.7. The minimum Gasteiger partial charge on any atom is -0.462 e. The summed E-state index contributed by atoms with van der Waals surface area (Å²) in [6.07, 6.45) is 0. The van der Waals surface area contributed by atoms with Gasteiger partial charge in [0.15, 0.2) is 6.61 Å². The number of rotatable bonds is 9. The Balaban J connectivity index is 1.71. The summed E-state index contributed by atoms with van der Waals surface area (Å²) in [5, 5.41) is 2.87. The number of hydrogen-bond acceptors (Lipinski definition) is 8. The van der Waals surface area contributed by atoms with E-state index in [2.05, 4.69) is 10.0 Å². The summed E-state index contributed by atoms with van der Waals surface area (Å²) in [5.41, 5.74) is 0.313. The molecule has 0 bridgehead atoms. The normalized spacial score (nSPS) is 11.6. The second-order valence-corrected chi connectivity index (χ2v) is 11.7. The van der Waals surface area contributed by atoms with Crippen LogP contribution in [0.3, 0.4) is 0 Å². The van der Waals surface area contributed by atoms with E-state index in [1.54, 1.807) is 33.8 Å². The number of thiophene rings is 1. The van der Waals surface area contributed by atoms with Gasteiger partial charge in [0.2, 0.25) is 10.0 Å². The van der Waals surface area contributed by atoms with Gasteiger partial charge in [-0.05, 0) is 57.5 Å². The van der Waals surface area contributed by atoms with E-state index in [4.69, 9.17) is 9.47 Å². The fourth-order valence-electron chi connectivity index (χ4n) is 3.22. The van der Waals surface area contributed by atoms with Gasteiger partial charge in [0.05, 0.1) is 22.6 Å². The molecule has 11 heteroatoms. The summed E-state index contributed by atoms with van der Waals surface area (Å²) in [5.74, 6) is -2.13. The number of benzene rings is 2. The van der Waals surface area contributed by atoms with Crippen LogP contribution in [-0.2, 0) is 24.3 Å². The molecular weight excluding hydrogens is 516 g/mol. The minimum absolute atomic E-state index is 0.0284. The Labute approximate surface area is 219 Å². The van der Waals surface area contributed by atoms with Gasteiger partial charge in [0, 0.05) is 10.4 Å². The first-order chi connectivity index (χ1) is 17.4. The average Bonchev–Trinajstić information content (AvgIpc) is 3.25. The summed E-state index contributed by atoms with van der Waals surface area (Å²) in [6.45, 7) is 6.30. The van der Waals surface area contributed by atoms with Crippen molar-refractivity contribution in [2.45, 2.75) is 38.1 Å². The predicted molar refractivity (Wildman–Crippen MR) is 141 cm³/mol. The molecule has 37 heavy (non-hydrogen) atoms. The summed E-state index contributed by atoms with van der Waals surface area (Å²) in [6, 6.07) is 16.3. The smallest absolute Gasteiger partial charge is 0.341 e. The Kier molecular flexibility index (Phi) is 8.85. The molecule has 3 aromatic rings. The van der Waals surface area contributed by atoms with Gasteiger partial charge >= 0.3 is 11.9 Å². The highest BCUT2D eigenvalue weighted by atomic mass is 32.2. The summed E-state index contributed by atoms with van der Waals surface area (Å²) >= 11 is 1.19. The van der Waals surface area contributed by atoms with E-state index in [1.807, 2.05) is 30.3 Å². The van der Waals surface area contributed by atoms with Crippen molar-refractivity contribution in [3.8, 4) is 10.4 Å². The molecule has 0 aliphatic heterocycles. The number of hydrogen-bond donors (Lipinski definition) is 2. The third-order valence-corrected chi connectivity index (χ3v) is 7.55. The van der Waals surface area contributed by atoms with Gasteiger partial charge in [-0.25, -0.2) is 22.7 Å². The zero-order valence-electron chi connectivity index (χ0n) is 20.9. The van der Waals surface area contributed by atoms with Gasteiger partial charge in [-0.15, -0.1) is 11.3 Å². The first kappa shape index (κ1) is 28.0. The van der Waals surface area contributed by atoms with Crippen molar-refractivity contribution in [2.24, 2.45) is 0 Å². The lowest BCUT2D eigenvalue weighted by molar-refractivity contribution is -0.119. The number of esters is 2. The van der Waals surface area contributed by atoms with Crippen molar-refractivity contribution in [3.05, 3.63) is 71.8 Å². The van der Waals surface area contributed by atoms with Crippen LogP contribution in [-0.4, -0.2) is 45.0 Å². The molecule has 1 amide bonds. The summed E-state index contributed by atoms with van der Waals surface area (Å²) in [7, 11) is -3.86. The Morgan fingerprint density at radius 3 is 2.27 bits per heavy atom. The largest absolute Gasteiger partial charge is 0.462 e. The molecule has 2 aromatic carbocycles. The predicted octanol–water partition coefficient (Wildman–Crippen LogP) is 4.46. The van der Waals surface area contributed by atoms with Gasteiger partial charge in [0.1, 0.15) is 5.00 Å². The lowest BCUT2D eigenvalue weighted by atomic mass is 10.1. The number of amides is 1. The second-order valence-electron chi connectivity index (χ2n) is 8.95. The van der Waals surface area contributed by atoms with E-state index in [9.17, 15) is 22.8 Å². The van der Waals surface area contributed by atoms with Crippen molar-refractivity contribution in [2.75, 3.05) is 18.5 Å². The summed E-state index contributed by atoms with van der Waals surface area (Å²) in [4.78, 5) is 38.2. The van der Waals surface area contributed by atoms with Crippen molar-refractivity contribution in [1.29, 1.82) is 0 Å². The molecule has 9 nitrogen and oxygen atoms in total. The quantitative estimate of drug-likeness (QED) is 0.381. The fourth-order valence-corrected chi connectivity index (χ4v) is 5.75. The van der Waals surface area contributed by atoms with E-state index < -0.39 is 40.0 Å². The number of sulfonamides is 1. The van der Waals surface area contributed by atoms with Crippen LogP contribution in [0.25, 0.3) is 10.4 Å². The van der Waals surface area contributed by atoms with Crippen molar-refractivity contribution in [3.63, 3.8) is 0 Å². The Hall–Kier alpha value is -3.54. The van der Waals surface area contributed by atoms with Crippen LogP contribution < -0.4 is 10.0 Å². The van der Waals surface area contributed by atoms with Crippen LogP contribution in [0, 0.1) is 0 Å². The standard InChI is InChI=1S/C26H28N2O7S2/c1-5-34-25(31)20-15-21(17-10-7-6-8-11-17)36-23(20)27-22(29)16-35-24(30)18-12-9-13-19(14-18)37(32,33)28-26(2,3)4/h6-15,28H,5,16H2,1-4H3,(H,27,29). The molecule has 0 spiro atoms. The topological polar surface area (TPSA) is 128 Å². The SMILES string of the molecule is CCOC(=O)c1cc(-c2ccccc2)sc1NC(=O)COC(=O)c1cccc(S(=O)(=O)NC(C)(C)C)c1. The molecule has 2 N–H and O–H groups in total. The maximum absolute atomic E-state index is 12.6. The van der Waals surface area contributed by atoms with Crippen molar-refractivity contribution < 1.29 is 32.3 Å². The van der Waals surface area contributed by atoms with Gasteiger partial charge in [0.25, 0.3) is 5.91 Å². The third-order valence-electron chi connectivity index (χ3n) is 4.69. The van der Waals surface area contributed by atoms with Crippen LogP contribution in [0.1, 0.15) is 48.4 Å². The van der Waals surface area contributed by atoms with Gasteiger partial charge < -0.3 is 14.8 Å². The zero-order valence-corrected chi connectivity index (χ0v) is 22.5. The maximum Gasteiger partial charge on any atom is 0.341 e. The summed E-state index contributed by atoms with van der Waals surface area (Å²) < 4.78 is 37.8. The van der Waals surface area contributed by atoms with E-state index in [-0.39, 0.29) is 27.6 Å². The average molecular weight is 545 g/mol. The molecular formula is C26H28N2O7S2. The first-order valence-corrected chi connectivity index (χ1v) is 13.7. The number of ether oxygens (including phenoxy) is 2. The molecule has 1 aromatic heterocycles. The minimum atomic E-state index is -3.86. The van der Waals surface area contributed by atoms with Crippen LogP contribution in [0.2, 0.25) is 0 Å². The third kappa shape index (κ3) is 7.72. The molecule has 3 rings (SSSR count). The van der Waals surface area contributed by atoms with E-state index in [0.29, 0.717) is 0 Å². The lowest BCUT2D eigenvalue weighted by Gasteiger charge is -2.20. The molecule has 0 saturated carbocycles. The van der Waals surface area contributed by atoms with Crippen LogP contribution in [0.5, 0.6) is 0 Å². The van der Waals surface area contributed by atoms with Crippen molar-refractivity contribution in [1.82, 2.24) is 4.72 Å². The molecule has 0 unspecified atom stereocenters. The van der Waals surface area contributed by atoms with Gasteiger partial charge in [-0.1, -0.05) is 36.4 Å². The number of nitrogens with one attached hydrogen (secondary N) is 2. The molecule has 0 saturated heterocycles. The Morgan fingerprint density at radius 2 is 1.62 bits per heavy atom. The van der Waals surface area contributed by atoms with E-state index >= 15 is 0 Å². The van der Waals surface area contributed by atoms with E-state index in [0.717, 1.165) is 10.4 Å². The monoisotopic (exact) mass is 544 g/mol. The molecule has 0 aliphatic rings. The Bertz CT molecular complexity index is 1390. The Morgan fingerprint density at radius 1 is 0.919 bits per heavy atom. The van der Waals surface area contributed by atoms with Crippen LogP contribution >= 0.6 is 11.3 Å². The van der Waals surface area contributed by atoms with Gasteiger partial charge in [-0.2, -0.15) is 0 Å². The highest BCUT2D eigenvalue weighted by molar-refractivity contribution is 7.89. The number of anilines is 1. The number of carbonyl (C=O) groups is 3. The highest BCUT2D eigenvalue weighted by Crippen LogP contribution is 2.36. The fraction of sp³-hybridized carbons (Fsp3) is 0.269. The first-order valence-electron chi connectivity index (χ1n) is 11.4. The van der Waals surface area contributed by atoms with Crippen LogP contribution in [0.4, 0.5) is 5.00 Å². The van der Waals surface area contributed by atoms with Crippen LogP contribution in [0.15, 0.2) is 65.6 Å². The number of carbonyl (C=O) groups excluding carboxylic acids is 3. The van der Waals surface area contributed by atoms with Crippen molar-refractivity contribution >= 4 is 44.2 Å². The molecule has 0 fully saturated rings. The maximum atomic E-state index is 12.6. The molecule has 0 atom stereocenters. The van der Waals surface area contributed by atoms with E-state index in [1.165, 1.54) is 35.6 Å². The molecule has 0 aliphatic carbocycles. The lowest BCUT2D eigenvalue weighted by Crippen LogP contribution is -2.40. The molecule has 1 heterocycles. The molecule has 196 valence electrons. The zero-order chi connectivity index (χ0) is 27.2. The van der Waals surface area contributed by atoms with Gasteiger partial charge in [-0.3, -0.25) is 4.79 Å². The molecule has 0 radical (unpaired) electrons. The highest BCUT2D eigenvalue weighted by Gasteiger charge is 2.24.